The van der Waals surface area contributed by atoms with Crippen molar-refractivity contribution in [2.75, 3.05) is 10.6 Å². The Morgan fingerprint density at radius 2 is 2.00 bits per heavy atom. The van der Waals surface area contributed by atoms with Gasteiger partial charge in [0.2, 0.25) is 10.0 Å². The van der Waals surface area contributed by atoms with Crippen LogP contribution in [0.15, 0.2) is 42.9 Å². The van der Waals surface area contributed by atoms with E-state index in [1.54, 1.807) is 0 Å². The highest BCUT2D eigenvalue weighted by atomic mass is 32.2. The first-order valence-electron chi connectivity index (χ1n) is 5.07. The van der Waals surface area contributed by atoms with Crippen molar-refractivity contribution in [2.24, 2.45) is 0 Å². The molecule has 5 nitrogen and oxygen atoms in total. The van der Waals surface area contributed by atoms with Crippen molar-refractivity contribution in [1.82, 2.24) is 9.97 Å². The third-order valence-corrected chi connectivity index (χ3v) is 3.45. The number of aromatic amines is 1. The Morgan fingerprint density at radius 3 is 2.53 bits per heavy atom. The zero-order chi connectivity index (χ0) is 12.3. The smallest absolute Gasteiger partial charge is 0.233 e. The molecule has 0 spiro atoms. The number of aromatic nitrogens is 2. The minimum Gasteiger partial charge on any atom is -0.331 e. The van der Waals surface area contributed by atoms with E-state index in [1.165, 1.54) is 23.1 Å². The number of sulfonamides is 1. The molecule has 0 aliphatic rings. The van der Waals surface area contributed by atoms with Crippen LogP contribution in [-0.4, -0.2) is 24.6 Å². The van der Waals surface area contributed by atoms with Crippen LogP contribution in [0.4, 0.5) is 5.82 Å². The maximum absolute atomic E-state index is 11.7. The summed E-state index contributed by atoms with van der Waals surface area (Å²) in [6.07, 6.45) is 4.12. The van der Waals surface area contributed by atoms with Crippen molar-refractivity contribution in [1.29, 1.82) is 0 Å². The van der Waals surface area contributed by atoms with Gasteiger partial charge in [-0.1, -0.05) is 30.3 Å². The van der Waals surface area contributed by atoms with E-state index in [-0.39, 0.29) is 0 Å². The Kier molecular flexibility index (Phi) is 3.14. The molecule has 1 heterocycles. The van der Waals surface area contributed by atoms with Gasteiger partial charge in [-0.3, -0.25) is 0 Å². The Bertz CT molecular complexity index is 564. The molecule has 0 fully saturated rings. The summed E-state index contributed by atoms with van der Waals surface area (Å²) in [4.78, 5) is 6.64. The zero-order valence-corrected chi connectivity index (χ0v) is 10.2. The minimum atomic E-state index is -3.32. The molecule has 0 bridgehead atoms. The predicted octanol–water partition coefficient (Wildman–Crippen LogP) is 1.38. The number of benzene rings is 1. The number of nitrogens with one attached hydrogen (secondary N) is 1. The fourth-order valence-corrected chi connectivity index (χ4v) is 2.36. The molecule has 0 aliphatic carbocycles. The maximum atomic E-state index is 11.7. The number of hydrogen-bond acceptors (Lipinski definition) is 3. The van der Waals surface area contributed by atoms with Gasteiger partial charge >= 0.3 is 0 Å². The summed E-state index contributed by atoms with van der Waals surface area (Å²) in [5.74, 6) is 0.469. The lowest BCUT2D eigenvalue weighted by Crippen LogP contribution is -2.29. The quantitative estimate of drug-likeness (QED) is 0.892. The third kappa shape index (κ3) is 2.85. The molecule has 2 aromatic rings. The highest BCUT2D eigenvalue weighted by molar-refractivity contribution is 7.92. The molecule has 0 amide bonds. The fraction of sp³-hybridized carbons (Fsp3) is 0.182. The standard InChI is InChI=1S/C11H13N3O2S/c1-17(15,16)14(11-7-12-9-13-11)8-10-5-3-2-4-6-10/h2-7,9H,8H2,1H3,(H,12,13). The molecular weight excluding hydrogens is 238 g/mol. The van der Waals surface area contributed by atoms with Gasteiger partial charge in [-0.15, -0.1) is 0 Å². The van der Waals surface area contributed by atoms with E-state index in [4.69, 9.17) is 0 Å². The predicted molar refractivity (Wildman–Crippen MR) is 66.1 cm³/mol. The van der Waals surface area contributed by atoms with Crippen molar-refractivity contribution in [3.05, 3.63) is 48.4 Å². The van der Waals surface area contributed by atoms with Gasteiger partial charge in [-0.25, -0.2) is 17.7 Å². The lowest BCUT2D eigenvalue weighted by Gasteiger charge is -2.20. The molecule has 0 aliphatic heterocycles. The van der Waals surface area contributed by atoms with Gasteiger partial charge < -0.3 is 4.98 Å². The fourth-order valence-electron chi connectivity index (χ4n) is 1.52. The van der Waals surface area contributed by atoms with Crippen LogP contribution < -0.4 is 4.31 Å². The normalized spacial score (nSPS) is 11.4. The van der Waals surface area contributed by atoms with E-state index in [0.717, 1.165) is 5.56 Å². The van der Waals surface area contributed by atoms with Crippen molar-refractivity contribution in [3.63, 3.8) is 0 Å². The SMILES string of the molecule is CS(=O)(=O)N(Cc1ccccc1)c1cnc[nH]1. The molecule has 0 radical (unpaired) electrons. The lowest BCUT2D eigenvalue weighted by atomic mass is 10.2. The lowest BCUT2D eigenvalue weighted by molar-refractivity contribution is 0.596. The van der Waals surface area contributed by atoms with Gasteiger partial charge in [0.1, 0.15) is 5.82 Å². The number of rotatable bonds is 4. The Labute approximate surface area is 100 Å². The number of anilines is 1. The van der Waals surface area contributed by atoms with Gasteiger partial charge in [-0.05, 0) is 5.56 Å². The van der Waals surface area contributed by atoms with E-state index >= 15 is 0 Å². The third-order valence-electron chi connectivity index (χ3n) is 2.32. The zero-order valence-electron chi connectivity index (χ0n) is 9.37. The summed E-state index contributed by atoms with van der Waals surface area (Å²) in [5, 5.41) is 0. The number of imidazole rings is 1. The summed E-state index contributed by atoms with van der Waals surface area (Å²) in [5.41, 5.74) is 0.924. The summed E-state index contributed by atoms with van der Waals surface area (Å²) in [7, 11) is -3.32. The molecule has 1 N–H and O–H groups in total. The Balaban J connectivity index is 2.31. The molecule has 0 saturated heterocycles. The average Bonchev–Trinajstić information content (AvgIpc) is 2.79. The van der Waals surface area contributed by atoms with Gasteiger partial charge in [0, 0.05) is 0 Å². The first kappa shape index (κ1) is 11.7. The largest absolute Gasteiger partial charge is 0.331 e. The van der Waals surface area contributed by atoms with Crippen molar-refractivity contribution in [3.8, 4) is 0 Å². The van der Waals surface area contributed by atoms with Crippen molar-refractivity contribution < 1.29 is 8.42 Å². The van der Waals surface area contributed by atoms with Crippen LogP contribution in [0.25, 0.3) is 0 Å². The van der Waals surface area contributed by atoms with Gasteiger partial charge in [0.15, 0.2) is 0 Å². The van der Waals surface area contributed by atoms with Gasteiger partial charge in [-0.2, -0.15) is 0 Å². The van der Waals surface area contributed by atoms with E-state index < -0.39 is 10.0 Å². The number of hydrogen-bond donors (Lipinski definition) is 1. The van der Waals surface area contributed by atoms with Gasteiger partial charge in [0.25, 0.3) is 0 Å². The van der Waals surface area contributed by atoms with Crippen LogP contribution in [0.1, 0.15) is 5.56 Å². The van der Waals surface area contributed by atoms with Crippen LogP contribution in [-0.2, 0) is 16.6 Å². The van der Waals surface area contributed by atoms with E-state index in [2.05, 4.69) is 9.97 Å². The Morgan fingerprint density at radius 1 is 1.29 bits per heavy atom. The van der Waals surface area contributed by atoms with Crippen LogP contribution in [0, 0.1) is 0 Å². The van der Waals surface area contributed by atoms with Crippen molar-refractivity contribution in [2.45, 2.75) is 6.54 Å². The molecule has 2 rings (SSSR count). The molecule has 17 heavy (non-hydrogen) atoms. The van der Waals surface area contributed by atoms with E-state index in [1.807, 2.05) is 30.3 Å². The molecule has 90 valence electrons. The molecule has 0 saturated carbocycles. The second-order valence-corrected chi connectivity index (χ2v) is 5.60. The van der Waals surface area contributed by atoms with Gasteiger partial charge in [0.05, 0.1) is 25.3 Å². The second kappa shape index (κ2) is 4.58. The average molecular weight is 251 g/mol. The van der Waals surface area contributed by atoms with Crippen LogP contribution in [0.2, 0.25) is 0 Å². The molecule has 6 heteroatoms. The van der Waals surface area contributed by atoms with E-state index in [9.17, 15) is 8.42 Å². The number of nitrogens with zero attached hydrogens (tertiary/aromatic N) is 2. The second-order valence-electron chi connectivity index (χ2n) is 3.69. The topological polar surface area (TPSA) is 66.1 Å². The van der Waals surface area contributed by atoms with Crippen LogP contribution in [0.5, 0.6) is 0 Å². The van der Waals surface area contributed by atoms with Crippen LogP contribution in [0.3, 0.4) is 0 Å². The first-order chi connectivity index (χ1) is 8.07. The molecular formula is C11H13N3O2S. The van der Waals surface area contributed by atoms with Crippen molar-refractivity contribution >= 4 is 15.8 Å². The number of H-pyrrole nitrogens is 1. The molecule has 0 unspecified atom stereocenters. The molecule has 0 atom stereocenters. The highest BCUT2D eigenvalue weighted by Gasteiger charge is 2.18. The minimum absolute atomic E-state index is 0.294. The summed E-state index contributed by atoms with van der Waals surface area (Å²) >= 11 is 0. The summed E-state index contributed by atoms with van der Waals surface area (Å²) < 4.78 is 24.7. The maximum Gasteiger partial charge on any atom is 0.233 e. The highest BCUT2D eigenvalue weighted by Crippen LogP contribution is 2.16. The van der Waals surface area contributed by atoms with E-state index in [0.29, 0.717) is 12.4 Å². The molecule has 1 aromatic heterocycles. The summed E-state index contributed by atoms with van der Waals surface area (Å²) in [6, 6.07) is 9.42. The monoisotopic (exact) mass is 251 g/mol. The summed E-state index contributed by atoms with van der Waals surface area (Å²) in [6.45, 7) is 0.294. The first-order valence-corrected chi connectivity index (χ1v) is 6.92. The molecule has 1 aromatic carbocycles. The van der Waals surface area contributed by atoms with Crippen LogP contribution >= 0.6 is 0 Å². The Hall–Kier alpha value is -1.82.